The summed E-state index contributed by atoms with van der Waals surface area (Å²) in [6.45, 7) is 1.04. The van der Waals surface area contributed by atoms with Crippen LogP contribution in [0.1, 0.15) is 11.7 Å². The molecular formula is C21H15FN6O2. The largest absolute Gasteiger partial charge is 0.367 e. The molecule has 2 bridgehead atoms. The zero-order valence-electron chi connectivity index (χ0n) is 15.6. The molecule has 2 saturated heterocycles. The molecule has 2 aliphatic carbocycles. The number of hydrogen-bond acceptors (Lipinski definition) is 7. The summed E-state index contributed by atoms with van der Waals surface area (Å²) < 4.78 is 20.5. The van der Waals surface area contributed by atoms with Crippen molar-refractivity contribution in [3.63, 3.8) is 0 Å². The van der Waals surface area contributed by atoms with Crippen molar-refractivity contribution in [2.45, 2.75) is 18.0 Å². The van der Waals surface area contributed by atoms with Gasteiger partial charge in [0.2, 0.25) is 5.89 Å². The highest BCUT2D eigenvalue weighted by Crippen LogP contribution is 2.85. The minimum Gasteiger partial charge on any atom is -0.367 e. The van der Waals surface area contributed by atoms with Crippen LogP contribution in [0.5, 0.6) is 0 Å². The molecule has 4 atom stereocenters. The fraction of sp³-hybridized carbons (Fsp3) is 0.286. The summed E-state index contributed by atoms with van der Waals surface area (Å²) in [5, 5.41) is 4.68. The molecule has 3 aromatic heterocycles. The van der Waals surface area contributed by atoms with E-state index >= 15 is 0 Å². The van der Waals surface area contributed by atoms with Crippen molar-refractivity contribution < 1.29 is 8.91 Å². The van der Waals surface area contributed by atoms with Gasteiger partial charge in [0.05, 0.1) is 10.8 Å². The Morgan fingerprint density at radius 3 is 3.03 bits per heavy atom. The second-order valence-electron chi connectivity index (χ2n) is 8.21. The third-order valence-electron chi connectivity index (χ3n) is 6.84. The maximum Gasteiger partial charge on any atom is 0.263 e. The Labute approximate surface area is 169 Å². The van der Waals surface area contributed by atoms with Gasteiger partial charge in [-0.1, -0.05) is 11.2 Å². The van der Waals surface area contributed by atoms with Crippen LogP contribution in [0.15, 0.2) is 58.2 Å². The molecule has 0 spiro atoms. The van der Waals surface area contributed by atoms with Crippen LogP contribution < -0.4 is 10.5 Å². The van der Waals surface area contributed by atoms with E-state index in [9.17, 15) is 9.18 Å². The fourth-order valence-corrected chi connectivity index (χ4v) is 5.41. The molecule has 4 aromatic rings. The standard InChI is InChI=1S/C21H15FN6O2/c22-11-3-1-4-12(7-11)28-8-14-16-17(28)21(14,16)20-25-15(30-26-20)9-27-10-24-18-13(19(27)29)5-2-6-23-18/h1-7,10,14,16-17H,8-9H2/t14-,16-,17?,21-/m1/s1. The molecule has 8 nitrogen and oxygen atoms in total. The van der Waals surface area contributed by atoms with E-state index in [-0.39, 0.29) is 23.3 Å². The molecular weight excluding hydrogens is 387 g/mol. The van der Waals surface area contributed by atoms with E-state index in [1.54, 1.807) is 30.5 Å². The van der Waals surface area contributed by atoms with E-state index in [4.69, 9.17) is 4.52 Å². The number of halogens is 1. The summed E-state index contributed by atoms with van der Waals surface area (Å²) in [4.78, 5) is 27.8. The summed E-state index contributed by atoms with van der Waals surface area (Å²) >= 11 is 0. The van der Waals surface area contributed by atoms with Crippen molar-refractivity contribution in [2.75, 3.05) is 11.4 Å². The maximum absolute atomic E-state index is 13.6. The lowest BCUT2D eigenvalue weighted by Gasteiger charge is -2.18. The van der Waals surface area contributed by atoms with Crippen LogP contribution in [0.2, 0.25) is 0 Å². The van der Waals surface area contributed by atoms with E-state index in [0.29, 0.717) is 40.6 Å². The predicted molar refractivity (Wildman–Crippen MR) is 103 cm³/mol. The molecule has 9 heteroatoms. The Morgan fingerprint density at radius 1 is 1.23 bits per heavy atom. The van der Waals surface area contributed by atoms with Gasteiger partial charge in [0.15, 0.2) is 11.5 Å². The minimum absolute atomic E-state index is 0.0788. The number of anilines is 1. The van der Waals surface area contributed by atoms with Gasteiger partial charge < -0.3 is 9.42 Å². The first-order valence-corrected chi connectivity index (χ1v) is 9.83. The topological polar surface area (TPSA) is 89.9 Å². The van der Waals surface area contributed by atoms with Crippen LogP contribution in [-0.2, 0) is 12.0 Å². The lowest BCUT2D eigenvalue weighted by atomic mass is 10.1. The predicted octanol–water partition coefficient (Wildman–Crippen LogP) is 1.75. The first-order valence-electron chi connectivity index (χ1n) is 9.83. The van der Waals surface area contributed by atoms with Crippen molar-refractivity contribution >= 4 is 16.7 Å². The fourth-order valence-electron chi connectivity index (χ4n) is 5.41. The first kappa shape index (κ1) is 16.2. The molecule has 2 saturated carbocycles. The molecule has 8 rings (SSSR count). The molecule has 2 aliphatic heterocycles. The molecule has 30 heavy (non-hydrogen) atoms. The molecule has 0 amide bonds. The van der Waals surface area contributed by atoms with Crippen LogP contribution in [0.25, 0.3) is 11.0 Å². The number of benzene rings is 1. The van der Waals surface area contributed by atoms with Crippen molar-refractivity contribution in [3.8, 4) is 0 Å². The highest BCUT2D eigenvalue weighted by molar-refractivity contribution is 5.72. The molecule has 1 aromatic carbocycles. The average molecular weight is 402 g/mol. The Balaban J connectivity index is 1.16. The second-order valence-corrected chi connectivity index (χ2v) is 8.21. The molecule has 4 aliphatic rings. The Morgan fingerprint density at radius 2 is 2.17 bits per heavy atom. The lowest BCUT2D eigenvalue weighted by Crippen LogP contribution is -2.23. The smallest absolute Gasteiger partial charge is 0.263 e. The summed E-state index contributed by atoms with van der Waals surface area (Å²) in [6.07, 6.45) is 3.05. The third-order valence-corrected chi connectivity index (χ3v) is 6.84. The zero-order chi connectivity index (χ0) is 20.0. The molecule has 148 valence electrons. The van der Waals surface area contributed by atoms with Crippen LogP contribution in [-0.4, -0.2) is 37.3 Å². The number of rotatable bonds is 4. The van der Waals surface area contributed by atoms with Gasteiger partial charge in [0, 0.05) is 30.4 Å². The molecule has 4 fully saturated rings. The van der Waals surface area contributed by atoms with Crippen LogP contribution in [0, 0.1) is 17.7 Å². The number of piperidine rings is 1. The number of aromatic nitrogens is 5. The van der Waals surface area contributed by atoms with Crippen molar-refractivity contribution in [3.05, 3.63) is 76.8 Å². The normalized spacial score (nSPS) is 28.0. The van der Waals surface area contributed by atoms with Gasteiger partial charge in [-0.3, -0.25) is 9.36 Å². The molecule has 0 radical (unpaired) electrons. The van der Waals surface area contributed by atoms with Gasteiger partial charge in [-0.2, -0.15) is 4.98 Å². The van der Waals surface area contributed by atoms with Gasteiger partial charge in [-0.05, 0) is 36.2 Å². The van der Waals surface area contributed by atoms with Gasteiger partial charge in [0.25, 0.3) is 5.56 Å². The summed E-state index contributed by atoms with van der Waals surface area (Å²) in [7, 11) is 0. The number of nitrogens with zero attached hydrogens (tertiary/aromatic N) is 6. The quantitative estimate of drug-likeness (QED) is 0.514. The van der Waals surface area contributed by atoms with Crippen molar-refractivity contribution in [2.24, 2.45) is 11.8 Å². The summed E-state index contributed by atoms with van der Waals surface area (Å²) in [6, 6.07) is 10.4. The van der Waals surface area contributed by atoms with Crippen LogP contribution in [0.4, 0.5) is 10.1 Å². The minimum atomic E-state index is -0.230. The number of fused-ring (bicyclic) bond motifs is 2. The van der Waals surface area contributed by atoms with E-state index < -0.39 is 0 Å². The Hall–Kier alpha value is -3.62. The van der Waals surface area contributed by atoms with Gasteiger partial charge in [-0.25, -0.2) is 14.4 Å². The maximum atomic E-state index is 13.6. The van der Waals surface area contributed by atoms with E-state index in [1.807, 2.05) is 6.07 Å². The van der Waals surface area contributed by atoms with Gasteiger partial charge in [-0.15, -0.1) is 0 Å². The SMILES string of the molecule is O=c1c2cccnc2ncn1Cc1nc([C@@]23C4[C@H]2[C@H]3CN4c2cccc(F)c2)no1. The first-order chi connectivity index (χ1) is 14.7. The molecule has 5 heterocycles. The van der Waals surface area contributed by atoms with E-state index in [2.05, 4.69) is 25.0 Å². The Bertz CT molecular complexity index is 1390. The van der Waals surface area contributed by atoms with Crippen molar-refractivity contribution in [1.29, 1.82) is 0 Å². The summed E-state index contributed by atoms with van der Waals surface area (Å²) in [5.74, 6) is 1.82. The number of pyridine rings is 1. The zero-order valence-corrected chi connectivity index (χ0v) is 15.6. The van der Waals surface area contributed by atoms with E-state index in [0.717, 1.165) is 12.2 Å². The van der Waals surface area contributed by atoms with E-state index in [1.165, 1.54) is 17.0 Å². The second kappa shape index (κ2) is 5.29. The monoisotopic (exact) mass is 402 g/mol. The lowest BCUT2D eigenvalue weighted by molar-refractivity contribution is 0.362. The van der Waals surface area contributed by atoms with Gasteiger partial charge >= 0.3 is 0 Å². The van der Waals surface area contributed by atoms with Crippen LogP contribution >= 0.6 is 0 Å². The average Bonchev–Trinajstić information content (AvgIpc) is 3.31. The molecule has 1 unspecified atom stereocenters. The third kappa shape index (κ3) is 1.92. The van der Waals surface area contributed by atoms with Crippen LogP contribution in [0.3, 0.4) is 0 Å². The highest BCUT2D eigenvalue weighted by Gasteiger charge is 2.95. The van der Waals surface area contributed by atoms with Crippen molar-refractivity contribution in [1.82, 2.24) is 24.7 Å². The number of hydrogen-bond donors (Lipinski definition) is 0. The van der Waals surface area contributed by atoms with Gasteiger partial charge in [0.1, 0.15) is 18.7 Å². The summed E-state index contributed by atoms with van der Waals surface area (Å²) in [5.41, 5.74) is 1.04. The molecule has 0 N–H and O–H groups in total. The Kier molecular flexibility index (Phi) is 2.86. The highest BCUT2D eigenvalue weighted by atomic mass is 19.1.